The fourth-order valence-electron chi connectivity index (χ4n) is 7.32. The molecule has 0 aliphatic rings. The van der Waals surface area contributed by atoms with Crippen LogP contribution in [0.4, 0.5) is 0 Å². The Kier molecular flexibility index (Phi) is 11.9. The standard InChI is InChI=1S/C36H36Si.C12H18/c1-27(2)35-25-22-30(26-36(35)28(3)4)29-20-23-34(24-21-29)37(31-14-8-5-9-15-31,32-16-10-6-11-17-32)33-18-12-7-13-19-33;1-9(2)11-7-5-6-8-12(11)10(3)4/h5-28H,1-4H3;5-10H,1-4H3. The highest BCUT2D eigenvalue weighted by molar-refractivity contribution is 7.19. The Morgan fingerprint density at radius 3 is 0.959 bits per heavy atom. The zero-order valence-electron chi connectivity index (χ0n) is 30.8. The van der Waals surface area contributed by atoms with Gasteiger partial charge in [0.2, 0.25) is 0 Å². The monoisotopic (exact) mass is 658 g/mol. The van der Waals surface area contributed by atoms with Gasteiger partial charge >= 0.3 is 0 Å². The van der Waals surface area contributed by atoms with Gasteiger partial charge in [0.15, 0.2) is 8.07 Å². The summed E-state index contributed by atoms with van der Waals surface area (Å²) in [6.07, 6.45) is 0. The normalized spacial score (nSPS) is 11.6. The van der Waals surface area contributed by atoms with E-state index in [2.05, 4.69) is 213 Å². The summed E-state index contributed by atoms with van der Waals surface area (Å²) in [5.41, 5.74) is 8.47. The molecule has 6 aromatic rings. The van der Waals surface area contributed by atoms with E-state index in [4.69, 9.17) is 0 Å². The van der Waals surface area contributed by atoms with Gasteiger partial charge in [0, 0.05) is 0 Å². The second-order valence-electron chi connectivity index (χ2n) is 14.5. The summed E-state index contributed by atoms with van der Waals surface area (Å²) < 4.78 is 0. The van der Waals surface area contributed by atoms with Crippen LogP contribution in [-0.4, -0.2) is 8.07 Å². The third-order valence-electron chi connectivity index (χ3n) is 9.84. The van der Waals surface area contributed by atoms with E-state index in [1.165, 1.54) is 54.1 Å². The van der Waals surface area contributed by atoms with Gasteiger partial charge in [0.05, 0.1) is 0 Å². The molecular formula is C48H54Si. The topological polar surface area (TPSA) is 0 Å². The second kappa shape index (κ2) is 16.3. The molecule has 0 aliphatic heterocycles. The molecule has 1 heteroatoms. The summed E-state index contributed by atoms with van der Waals surface area (Å²) in [5.74, 6) is 2.32. The minimum atomic E-state index is -2.48. The molecule has 0 aliphatic carbocycles. The zero-order valence-corrected chi connectivity index (χ0v) is 31.8. The molecule has 0 radical (unpaired) electrons. The molecule has 6 rings (SSSR count). The van der Waals surface area contributed by atoms with Crippen molar-refractivity contribution in [1.82, 2.24) is 0 Å². The SMILES string of the molecule is CC(C)c1ccc(-c2ccc([Si](c3ccccc3)(c3ccccc3)c3ccccc3)cc2)cc1C(C)C.CC(C)c1ccccc1C(C)C. The molecule has 0 aromatic heterocycles. The van der Waals surface area contributed by atoms with E-state index in [0.29, 0.717) is 23.7 Å². The van der Waals surface area contributed by atoms with Gasteiger partial charge in [-0.1, -0.05) is 213 Å². The molecular weight excluding hydrogens is 605 g/mol. The van der Waals surface area contributed by atoms with E-state index in [1.54, 1.807) is 0 Å². The smallest absolute Gasteiger partial charge is 0.0623 e. The van der Waals surface area contributed by atoms with Gasteiger partial charge in [-0.05, 0) is 77.8 Å². The molecule has 0 saturated heterocycles. The van der Waals surface area contributed by atoms with Crippen molar-refractivity contribution < 1.29 is 0 Å². The van der Waals surface area contributed by atoms with Crippen LogP contribution < -0.4 is 20.7 Å². The van der Waals surface area contributed by atoms with Crippen molar-refractivity contribution in [2.45, 2.75) is 79.1 Å². The molecule has 250 valence electrons. The van der Waals surface area contributed by atoms with Crippen molar-refractivity contribution >= 4 is 28.8 Å². The van der Waals surface area contributed by atoms with Gasteiger partial charge in [-0.15, -0.1) is 0 Å². The fraction of sp³-hybridized carbons (Fsp3) is 0.250. The van der Waals surface area contributed by atoms with Gasteiger partial charge in [-0.3, -0.25) is 0 Å². The average molecular weight is 659 g/mol. The van der Waals surface area contributed by atoms with Crippen LogP contribution in [0.25, 0.3) is 11.1 Å². The van der Waals surface area contributed by atoms with Crippen LogP contribution in [0.5, 0.6) is 0 Å². The van der Waals surface area contributed by atoms with Crippen LogP contribution in [-0.2, 0) is 0 Å². The van der Waals surface area contributed by atoms with E-state index in [-0.39, 0.29) is 0 Å². The van der Waals surface area contributed by atoms with Gasteiger partial charge in [0.25, 0.3) is 0 Å². The number of hydrogen-bond acceptors (Lipinski definition) is 0. The molecule has 0 nitrogen and oxygen atoms in total. The summed E-state index contributed by atoms with van der Waals surface area (Å²) in [4.78, 5) is 0. The Morgan fingerprint density at radius 1 is 0.286 bits per heavy atom. The maximum atomic E-state index is 2.41. The maximum Gasteiger partial charge on any atom is 0.179 e. The summed E-state index contributed by atoms with van der Waals surface area (Å²) in [7, 11) is -2.48. The van der Waals surface area contributed by atoms with Crippen LogP contribution in [0.3, 0.4) is 0 Å². The molecule has 0 spiro atoms. The summed E-state index contributed by atoms with van der Waals surface area (Å²) in [5, 5.41) is 5.62. The molecule has 0 unspecified atom stereocenters. The van der Waals surface area contributed by atoms with E-state index in [0.717, 1.165) is 0 Å². The van der Waals surface area contributed by atoms with Crippen molar-refractivity contribution in [3.05, 3.63) is 180 Å². The van der Waals surface area contributed by atoms with Crippen molar-refractivity contribution in [3.63, 3.8) is 0 Å². The quantitative estimate of drug-likeness (QED) is 0.107. The first-order chi connectivity index (χ1) is 23.6. The number of hydrogen-bond donors (Lipinski definition) is 0. The largest absolute Gasteiger partial charge is 0.179 e. The lowest BCUT2D eigenvalue weighted by molar-refractivity contribution is 0.790. The minimum absolute atomic E-state index is 0.505. The number of rotatable bonds is 9. The Balaban J connectivity index is 0.000000330. The molecule has 0 saturated carbocycles. The summed E-state index contributed by atoms with van der Waals surface area (Å²) in [6.45, 7) is 18.2. The molecule has 0 fully saturated rings. The van der Waals surface area contributed by atoms with Crippen LogP contribution in [0, 0.1) is 0 Å². The van der Waals surface area contributed by atoms with Crippen molar-refractivity contribution in [2.24, 2.45) is 0 Å². The van der Waals surface area contributed by atoms with Gasteiger partial charge in [0.1, 0.15) is 0 Å². The van der Waals surface area contributed by atoms with E-state index < -0.39 is 8.07 Å². The summed E-state index contributed by atoms with van der Waals surface area (Å²) >= 11 is 0. The highest BCUT2D eigenvalue weighted by Gasteiger charge is 2.41. The summed E-state index contributed by atoms with van der Waals surface area (Å²) in [6, 6.07) is 58.6. The molecule has 0 atom stereocenters. The maximum absolute atomic E-state index is 2.48. The average Bonchev–Trinajstić information content (AvgIpc) is 3.13. The van der Waals surface area contributed by atoms with Gasteiger partial charge < -0.3 is 0 Å². The van der Waals surface area contributed by atoms with E-state index in [1.807, 2.05) is 0 Å². The molecule has 6 aromatic carbocycles. The third kappa shape index (κ3) is 7.90. The van der Waals surface area contributed by atoms with Gasteiger partial charge in [-0.25, -0.2) is 0 Å². The first-order valence-electron chi connectivity index (χ1n) is 18.1. The van der Waals surface area contributed by atoms with Crippen molar-refractivity contribution in [3.8, 4) is 11.1 Å². The Hall–Kier alpha value is -4.46. The Morgan fingerprint density at radius 2 is 0.592 bits per heavy atom. The van der Waals surface area contributed by atoms with Crippen molar-refractivity contribution in [1.29, 1.82) is 0 Å². The van der Waals surface area contributed by atoms with Crippen LogP contribution in [0.2, 0.25) is 0 Å². The van der Waals surface area contributed by atoms with Gasteiger partial charge in [-0.2, -0.15) is 0 Å². The molecule has 0 heterocycles. The third-order valence-corrected chi connectivity index (χ3v) is 14.6. The Bertz CT molecular complexity index is 1760. The molecule has 0 N–H and O–H groups in total. The first-order valence-corrected chi connectivity index (χ1v) is 20.1. The number of benzene rings is 6. The second-order valence-corrected chi connectivity index (χ2v) is 18.3. The van der Waals surface area contributed by atoms with E-state index in [9.17, 15) is 0 Å². The predicted molar refractivity (Wildman–Crippen MR) is 218 cm³/mol. The lowest BCUT2D eigenvalue weighted by Crippen LogP contribution is -2.74. The predicted octanol–water partition coefficient (Wildman–Crippen LogP) is 10.9. The molecule has 49 heavy (non-hydrogen) atoms. The lowest BCUT2D eigenvalue weighted by Gasteiger charge is -2.34. The minimum Gasteiger partial charge on any atom is -0.0623 e. The lowest BCUT2D eigenvalue weighted by atomic mass is 9.88. The highest BCUT2D eigenvalue weighted by Crippen LogP contribution is 2.31. The highest BCUT2D eigenvalue weighted by atomic mass is 28.3. The van der Waals surface area contributed by atoms with Crippen LogP contribution in [0.1, 0.15) is 101 Å². The van der Waals surface area contributed by atoms with Crippen LogP contribution in [0.15, 0.2) is 158 Å². The zero-order chi connectivity index (χ0) is 35.0. The van der Waals surface area contributed by atoms with Crippen molar-refractivity contribution in [2.75, 3.05) is 0 Å². The fourth-order valence-corrected chi connectivity index (χ4v) is 12.1. The molecule has 0 bridgehead atoms. The molecule has 0 amide bonds. The van der Waals surface area contributed by atoms with Crippen LogP contribution >= 0.6 is 0 Å². The first kappa shape index (κ1) is 35.8. The Labute approximate surface area is 297 Å². The van der Waals surface area contributed by atoms with E-state index >= 15 is 0 Å².